The van der Waals surface area contributed by atoms with Gasteiger partial charge in [-0.05, 0) is 54.3 Å². The van der Waals surface area contributed by atoms with Crippen molar-refractivity contribution in [2.24, 2.45) is 0 Å². The van der Waals surface area contributed by atoms with Crippen LogP contribution in [0.4, 0.5) is 0 Å². The minimum atomic E-state index is -1.07. The van der Waals surface area contributed by atoms with Crippen LogP contribution in [0.5, 0.6) is 17.2 Å². The third-order valence-corrected chi connectivity index (χ3v) is 5.95. The van der Waals surface area contributed by atoms with Gasteiger partial charge in [0, 0.05) is 18.0 Å². The van der Waals surface area contributed by atoms with E-state index in [0.29, 0.717) is 42.5 Å². The van der Waals surface area contributed by atoms with Gasteiger partial charge in [-0.1, -0.05) is 30.3 Å². The zero-order valence-electron chi connectivity index (χ0n) is 20.2. The fraction of sp³-hybridized carbons (Fsp3) is 0.296. The number of hydrogen-bond donors (Lipinski definition) is 2. The summed E-state index contributed by atoms with van der Waals surface area (Å²) < 4.78 is 21.7. The number of thiophene rings is 1. The van der Waals surface area contributed by atoms with Crippen LogP contribution in [0.2, 0.25) is 0 Å². The Kier molecular flexibility index (Phi) is 9.72. The second kappa shape index (κ2) is 12.9. The third kappa shape index (κ3) is 8.13. The van der Waals surface area contributed by atoms with Crippen molar-refractivity contribution < 1.29 is 28.8 Å². The molecule has 3 rings (SSSR count). The molecule has 0 aliphatic carbocycles. The molecule has 1 unspecified atom stereocenters. The van der Waals surface area contributed by atoms with E-state index in [-0.39, 0.29) is 12.6 Å². The summed E-state index contributed by atoms with van der Waals surface area (Å²) in [6.45, 7) is 3.16. The van der Waals surface area contributed by atoms with E-state index in [1.165, 1.54) is 18.4 Å². The van der Waals surface area contributed by atoms with Crippen LogP contribution in [-0.4, -0.2) is 57.2 Å². The molecule has 0 spiro atoms. The number of nitrogens with one attached hydrogen (secondary N) is 1. The lowest BCUT2D eigenvalue weighted by Gasteiger charge is -2.24. The summed E-state index contributed by atoms with van der Waals surface area (Å²) in [5.41, 5.74) is 0.273. The van der Waals surface area contributed by atoms with Crippen molar-refractivity contribution >= 4 is 29.0 Å². The first-order valence-corrected chi connectivity index (χ1v) is 12.1. The van der Waals surface area contributed by atoms with E-state index in [0.717, 1.165) is 10.4 Å². The number of carbonyl (C=O) groups excluding carboxylic acids is 1. The highest BCUT2D eigenvalue weighted by molar-refractivity contribution is 7.11. The fourth-order valence-corrected chi connectivity index (χ4v) is 3.95. The monoisotopic (exact) mass is 497 g/mol. The molecule has 1 heterocycles. The second-order valence-corrected chi connectivity index (χ2v) is 9.01. The highest BCUT2D eigenvalue weighted by Gasteiger charge is 2.21. The van der Waals surface area contributed by atoms with E-state index in [9.17, 15) is 9.90 Å². The zero-order chi connectivity index (χ0) is 25.1. The summed E-state index contributed by atoms with van der Waals surface area (Å²) in [6.07, 6.45) is 1.79. The summed E-state index contributed by atoms with van der Waals surface area (Å²) in [5, 5.41) is 15.7. The number of benzene rings is 2. The lowest BCUT2D eigenvalue weighted by atomic mass is 10.1. The predicted octanol–water partition coefficient (Wildman–Crippen LogP) is 4.27. The number of rotatable bonds is 13. The highest BCUT2D eigenvalue weighted by Crippen LogP contribution is 2.26. The molecule has 0 bridgehead atoms. The van der Waals surface area contributed by atoms with Gasteiger partial charge in [-0.2, -0.15) is 0 Å². The molecule has 186 valence electrons. The summed E-state index contributed by atoms with van der Waals surface area (Å²) >= 11 is 1.48. The first-order valence-electron chi connectivity index (χ1n) is 11.2. The molecule has 0 fully saturated rings. The number of esters is 1. The molecule has 7 nitrogen and oxygen atoms in total. The number of aliphatic hydroxyl groups is 1. The first kappa shape index (κ1) is 26.3. The van der Waals surface area contributed by atoms with E-state index in [4.69, 9.17) is 18.9 Å². The second-order valence-electron chi connectivity index (χ2n) is 8.06. The van der Waals surface area contributed by atoms with Gasteiger partial charge >= 0.3 is 5.97 Å². The summed E-state index contributed by atoms with van der Waals surface area (Å²) in [4.78, 5) is 13.0. The van der Waals surface area contributed by atoms with Crippen LogP contribution in [0.1, 0.15) is 17.4 Å². The molecule has 0 amide bonds. The summed E-state index contributed by atoms with van der Waals surface area (Å²) in [7, 11) is 2.97. The maximum atomic E-state index is 12.2. The normalized spacial score (nSPS) is 13.1. The molecule has 3 aromatic rings. The van der Waals surface area contributed by atoms with Gasteiger partial charge in [0.2, 0.25) is 0 Å². The van der Waals surface area contributed by atoms with Gasteiger partial charge < -0.3 is 29.4 Å². The van der Waals surface area contributed by atoms with Gasteiger partial charge in [-0.15, -0.1) is 11.3 Å². The van der Waals surface area contributed by atoms with Crippen molar-refractivity contribution in [3.8, 4) is 17.2 Å². The average Bonchev–Trinajstić information content (AvgIpc) is 3.41. The van der Waals surface area contributed by atoms with Gasteiger partial charge in [-0.3, -0.25) is 0 Å². The SMILES string of the molecule is COC(=O)/C(=C/c1ccc(OCC(C)(O)CNCCOc2ccccc2OC)cc1)c1cccs1. The van der Waals surface area contributed by atoms with Crippen molar-refractivity contribution in [2.45, 2.75) is 12.5 Å². The molecule has 0 saturated carbocycles. The molecule has 0 radical (unpaired) electrons. The predicted molar refractivity (Wildman–Crippen MR) is 138 cm³/mol. The molecule has 0 saturated heterocycles. The summed E-state index contributed by atoms with van der Waals surface area (Å²) in [5.74, 6) is 1.60. The molecular weight excluding hydrogens is 466 g/mol. The minimum absolute atomic E-state index is 0.116. The Labute approximate surface area is 209 Å². The maximum Gasteiger partial charge on any atom is 0.339 e. The lowest BCUT2D eigenvalue weighted by molar-refractivity contribution is -0.133. The van der Waals surface area contributed by atoms with Crippen LogP contribution < -0.4 is 19.5 Å². The maximum absolute atomic E-state index is 12.2. The topological polar surface area (TPSA) is 86.3 Å². The van der Waals surface area contributed by atoms with Gasteiger partial charge in [0.15, 0.2) is 11.5 Å². The van der Waals surface area contributed by atoms with Gasteiger partial charge in [0.25, 0.3) is 0 Å². The van der Waals surface area contributed by atoms with Crippen LogP contribution in [0.25, 0.3) is 11.6 Å². The molecule has 2 N–H and O–H groups in total. The van der Waals surface area contributed by atoms with Crippen LogP contribution in [0.15, 0.2) is 66.0 Å². The van der Waals surface area contributed by atoms with E-state index < -0.39 is 5.60 Å². The number of hydrogen-bond acceptors (Lipinski definition) is 8. The Morgan fingerprint density at radius 1 is 1.03 bits per heavy atom. The molecule has 8 heteroatoms. The van der Waals surface area contributed by atoms with Crippen molar-refractivity contribution in [3.05, 3.63) is 76.5 Å². The van der Waals surface area contributed by atoms with Crippen molar-refractivity contribution in [3.63, 3.8) is 0 Å². The van der Waals surface area contributed by atoms with Gasteiger partial charge in [-0.25, -0.2) is 4.79 Å². The fourth-order valence-electron chi connectivity index (χ4n) is 3.22. The molecule has 1 atom stereocenters. The zero-order valence-corrected chi connectivity index (χ0v) is 21.0. The Bertz CT molecular complexity index is 1090. The third-order valence-electron chi connectivity index (χ3n) is 5.04. The lowest BCUT2D eigenvalue weighted by Crippen LogP contribution is -2.43. The number of para-hydroxylation sites is 2. The number of carbonyl (C=O) groups is 1. The van der Waals surface area contributed by atoms with Crippen LogP contribution in [0, 0.1) is 0 Å². The molecule has 1 aromatic heterocycles. The summed E-state index contributed by atoms with van der Waals surface area (Å²) in [6, 6.07) is 18.6. The van der Waals surface area contributed by atoms with Crippen molar-refractivity contribution in [1.82, 2.24) is 5.32 Å². The van der Waals surface area contributed by atoms with Crippen molar-refractivity contribution in [2.75, 3.05) is 40.5 Å². The van der Waals surface area contributed by atoms with E-state index in [2.05, 4.69) is 5.32 Å². The smallest absolute Gasteiger partial charge is 0.339 e. The molecule has 0 aliphatic heterocycles. The van der Waals surface area contributed by atoms with E-state index in [1.807, 2.05) is 53.9 Å². The molecular formula is C27H31NO6S. The Balaban J connectivity index is 1.46. The van der Waals surface area contributed by atoms with E-state index >= 15 is 0 Å². The first-order chi connectivity index (χ1) is 16.9. The van der Waals surface area contributed by atoms with Crippen LogP contribution in [-0.2, 0) is 9.53 Å². The molecule has 2 aromatic carbocycles. The average molecular weight is 498 g/mol. The van der Waals surface area contributed by atoms with E-state index in [1.54, 1.807) is 32.2 Å². The van der Waals surface area contributed by atoms with Crippen LogP contribution >= 0.6 is 11.3 Å². The Hall–Kier alpha value is -3.33. The Morgan fingerprint density at radius 2 is 1.77 bits per heavy atom. The molecule has 35 heavy (non-hydrogen) atoms. The van der Waals surface area contributed by atoms with Crippen molar-refractivity contribution in [1.29, 1.82) is 0 Å². The highest BCUT2D eigenvalue weighted by atomic mass is 32.1. The minimum Gasteiger partial charge on any atom is -0.493 e. The number of methoxy groups -OCH3 is 2. The largest absolute Gasteiger partial charge is 0.493 e. The Morgan fingerprint density at radius 3 is 2.43 bits per heavy atom. The van der Waals surface area contributed by atoms with Gasteiger partial charge in [0.1, 0.15) is 24.6 Å². The standard InChI is InChI=1S/C27H31NO6S/c1-27(30,18-28-14-15-33-24-8-5-4-7-23(24)31-2)19-34-21-12-10-20(11-13-21)17-22(26(29)32-3)25-9-6-16-35-25/h4-13,16-17,28,30H,14-15,18-19H2,1-3H3/b22-17+. The molecule has 0 aliphatic rings. The number of ether oxygens (including phenoxy) is 4. The van der Waals surface area contributed by atoms with Gasteiger partial charge in [0.05, 0.1) is 19.8 Å². The quantitative estimate of drug-likeness (QED) is 0.207. The van der Waals surface area contributed by atoms with Crippen LogP contribution in [0.3, 0.4) is 0 Å².